The Morgan fingerprint density at radius 3 is 1.26 bits per heavy atom. The molecule has 2 heterocycles. The van der Waals surface area contributed by atoms with Crippen LogP contribution in [0.5, 0.6) is 0 Å². The molecule has 25 nitrogen and oxygen atoms in total. The summed E-state index contributed by atoms with van der Waals surface area (Å²) in [5.41, 5.74) is 11.9. The van der Waals surface area contributed by atoms with Crippen molar-refractivity contribution in [2.45, 2.75) is 252 Å². The zero-order chi connectivity index (χ0) is 78.7. The Kier molecular flexibility index (Phi) is 27.7. The van der Waals surface area contributed by atoms with Crippen LogP contribution in [-0.4, -0.2) is 185 Å². The monoisotopic (exact) mass is 1470 g/mol. The van der Waals surface area contributed by atoms with Gasteiger partial charge < -0.3 is 66.4 Å². The maximum absolute atomic E-state index is 14.7. The van der Waals surface area contributed by atoms with Crippen LogP contribution < -0.4 is 37.6 Å². The van der Waals surface area contributed by atoms with Crippen molar-refractivity contribution in [3.8, 4) is 11.1 Å². The van der Waals surface area contributed by atoms with Crippen molar-refractivity contribution in [2.75, 3.05) is 40.8 Å². The van der Waals surface area contributed by atoms with Gasteiger partial charge in [-0.25, -0.2) is 19.2 Å². The molecule has 106 heavy (non-hydrogen) atoms. The molecule has 9 rings (SSSR count). The molecule has 4 aromatic rings. The summed E-state index contributed by atoms with van der Waals surface area (Å²) in [6.45, 7) is 30.5. The number of ether oxygens (including phenoxy) is 4. The van der Waals surface area contributed by atoms with Crippen LogP contribution in [0.4, 0.5) is 19.2 Å². The molecule has 10 atom stereocenters. The van der Waals surface area contributed by atoms with Crippen LogP contribution in [0.3, 0.4) is 0 Å². The highest BCUT2D eigenvalue weighted by Gasteiger charge is 2.49. The average molecular weight is 1470 g/mol. The number of carbonyl (C=O) groups excluding carboxylic acids is 10. The number of aryl methyl sites for hydroxylation is 2. The summed E-state index contributed by atoms with van der Waals surface area (Å²) >= 11 is 0. The normalized spacial score (nSPS) is 20.1. The molecule has 0 radical (unpaired) electrons. The maximum Gasteiger partial charge on any atom is 0.410 e. The minimum Gasteiger partial charge on any atom is -0.449 e. The van der Waals surface area contributed by atoms with E-state index in [1.54, 1.807) is 55.4 Å². The lowest BCUT2D eigenvalue weighted by Crippen LogP contribution is -2.60. The number of nitrogens with one attached hydrogen (secondary N) is 6. The molecule has 3 aliphatic carbocycles. The molecule has 0 aromatic heterocycles. The SMILES string of the molecule is CNC(=O)OC(C)(C)C.C[C@@H](C(=O)N[C@H](C(=O)N1C[C@@H](N)C[C@H]1C(=O)N[C@@H]1CCCc2ccccc21)C(C)(C)C)N(C)C(=O)OC(C)(C)C.C[C@@H](C(=O)N[C@H](C(=O)N1C[C@@H](NC(=O)OCC2c3ccccc3-c3ccccc32)C[C@H]1C(=O)N[C@@H]1CCCc2ccccc21)C(C)(C)C)N(C)C(=O)OC(C)(C)C. The summed E-state index contributed by atoms with van der Waals surface area (Å²) in [6.07, 6.45) is 3.54. The van der Waals surface area contributed by atoms with Crippen LogP contribution in [0.15, 0.2) is 97.1 Å². The van der Waals surface area contributed by atoms with Crippen LogP contribution >= 0.6 is 0 Å². The van der Waals surface area contributed by atoms with Gasteiger partial charge in [0, 0.05) is 46.2 Å². The second-order valence-electron chi connectivity index (χ2n) is 33.6. The zero-order valence-electron chi connectivity index (χ0n) is 65.9. The highest BCUT2D eigenvalue weighted by molar-refractivity contribution is 5.96. The minimum atomic E-state index is -1.07. The number of nitrogens with zero attached hydrogens (tertiary/aromatic N) is 4. The van der Waals surface area contributed by atoms with Crippen molar-refractivity contribution in [1.29, 1.82) is 0 Å². The van der Waals surface area contributed by atoms with Crippen LogP contribution in [0.2, 0.25) is 0 Å². The van der Waals surface area contributed by atoms with Gasteiger partial charge in [-0.05, 0) is 183 Å². The number of hydrogen-bond acceptors (Lipinski definition) is 15. The van der Waals surface area contributed by atoms with Crippen LogP contribution in [0.1, 0.15) is 208 Å². The van der Waals surface area contributed by atoms with E-state index in [1.807, 2.05) is 123 Å². The predicted molar refractivity (Wildman–Crippen MR) is 406 cm³/mol. The van der Waals surface area contributed by atoms with Gasteiger partial charge in [-0.3, -0.25) is 38.6 Å². The van der Waals surface area contributed by atoms with Crippen molar-refractivity contribution in [3.05, 3.63) is 130 Å². The maximum atomic E-state index is 14.7. The molecular formula is C81H117N11O14. The van der Waals surface area contributed by atoms with E-state index in [1.165, 1.54) is 51.9 Å². The van der Waals surface area contributed by atoms with Gasteiger partial charge in [0.2, 0.25) is 35.4 Å². The second kappa shape index (κ2) is 35.0. The number of likely N-dealkylation sites (N-methyl/N-ethyl adjacent to an activating group) is 2. The second-order valence-corrected chi connectivity index (χ2v) is 33.6. The first-order valence-electron chi connectivity index (χ1n) is 37.0. The Morgan fingerprint density at radius 2 is 0.877 bits per heavy atom. The molecule has 2 aliphatic heterocycles. The lowest BCUT2D eigenvalue weighted by atomic mass is 9.85. The van der Waals surface area contributed by atoms with Crippen molar-refractivity contribution in [2.24, 2.45) is 16.6 Å². The third-order valence-electron chi connectivity index (χ3n) is 19.5. The first-order valence-corrected chi connectivity index (χ1v) is 37.0. The van der Waals surface area contributed by atoms with E-state index in [9.17, 15) is 47.9 Å². The van der Waals surface area contributed by atoms with Crippen LogP contribution in [0, 0.1) is 10.8 Å². The molecule has 580 valence electrons. The molecule has 0 bridgehead atoms. The van der Waals surface area contributed by atoms with E-state index in [0.717, 1.165) is 71.9 Å². The summed E-state index contributed by atoms with van der Waals surface area (Å²) in [5.74, 6) is -2.59. The van der Waals surface area contributed by atoms with Gasteiger partial charge in [0.15, 0.2) is 0 Å². The van der Waals surface area contributed by atoms with E-state index in [0.29, 0.717) is 6.42 Å². The molecule has 25 heteroatoms. The van der Waals surface area contributed by atoms with E-state index < -0.39 is 100 Å². The Balaban J connectivity index is 0.000000278. The molecule has 0 unspecified atom stereocenters. The number of nitrogens with two attached hydrogens (primary N) is 1. The van der Waals surface area contributed by atoms with Gasteiger partial charge in [0.05, 0.1) is 18.1 Å². The molecule has 8 N–H and O–H groups in total. The highest BCUT2D eigenvalue weighted by atomic mass is 16.6. The Hall–Kier alpha value is -9.26. The lowest BCUT2D eigenvalue weighted by molar-refractivity contribution is -0.144. The Morgan fingerprint density at radius 1 is 0.500 bits per heavy atom. The molecule has 0 saturated carbocycles. The highest BCUT2D eigenvalue weighted by Crippen LogP contribution is 2.45. The van der Waals surface area contributed by atoms with Crippen molar-refractivity contribution >= 4 is 59.8 Å². The van der Waals surface area contributed by atoms with Gasteiger partial charge in [-0.15, -0.1) is 0 Å². The van der Waals surface area contributed by atoms with Crippen molar-refractivity contribution in [1.82, 2.24) is 51.5 Å². The fourth-order valence-electron chi connectivity index (χ4n) is 13.8. The molecule has 5 aliphatic rings. The quantitative estimate of drug-likeness (QED) is 0.0544. The lowest BCUT2D eigenvalue weighted by Gasteiger charge is -2.37. The molecule has 4 aromatic carbocycles. The van der Waals surface area contributed by atoms with Crippen molar-refractivity contribution in [3.63, 3.8) is 0 Å². The number of alkyl carbamates (subject to hydrolysis) is 2. The van der Waals surface area contributed by atoms with Crippen molar-refractivity contribution < 1.29 is 66.9 Å². The van der Waals surface area contributed by atoms with Gasteiger partial charge in [-0.1, -0.05) is 139 Å². The Labute approximate surface area is 626 Å². The fraction of sp³-hybridized carbons (Fsp3) is 0.580. The minimum absolute atomic E-state index is 0.0260. The number of amides is 10. The van der Waals surface area contributed by atoms with Gasteiger partial charge in [0.25, 0.3) is 0 Å². The number of benzene rings is 4. The summed E-state index contributed by atoms with van der Waals surface area (Å²) in [7, 11) is 4.49. The molecule has 0 spiro atoms. The summed E-state index contributed by atoms with van der Waals surface area (Å²) in [6, 6.07) is 25.5. The van der Waals surface area contributed by atoms with Crippen LogP contribution in [0.25, 0.3) is 11.1 Å². The van der Waals surface area contributed by atoms with E-state index in [-0.39, 0.29) is 79.6 Å². The fourth-order valence-corrected chi connectivity index (χ4v) is 13.8. The smallest absolute Gasteiger partial charge is 0.410 e. The first kappa shape index (κ1) is 84.0. The standard InChI is InChI=1S/C45H57N5O7.C30H47N5O5.C6H13NO2/c1-27(49(8)43(55)57-45(5,6)7)39(51)48-38(44(2,3)4)41(53)50-25-29(24-37(50)40(52)47-36-23-15-17-28-16-9-10-18-30(28)36)46-42(54)56-26-35-33-21-13-11-19-31(33)32-20-12-14-22-34(32)35;1-18(34(8)28(39)40-30(5,6)7)25(36)33-24(29(2,3)4)27(38)35-17-20(31)16-23(35)26(37)32-22-15-11-13-19-12-9-10-14-21(19)22;1-6(2,3)9-5(8)7-4/h9-14,16,18-22,27,29,35-38H,15,17,23-26H2,1-8H3,(H,46,54)(H,47,52)(H,48,51);9-10,12,14,18,20,22-24H,11,13,15-17,31H2,1-8H3,(H,32,37)(H,33,36);1-4H3,(H,7,8)/t27-,29-,36+,37-,38+;18-,20-,22+,23-,24+;/m00./s1. The average Bonchev–Trinajstić information content (AvgIpc) is 1.61. The van der Waals surface area contributed by atoms with Gasteiger partial charge in [-0.2, -0.15) is 0 Å². The topological polar surface area (TPSA) is 319 Å². The molecule has 10 amide bonds. The van der Waals surface area contributed by atoms with Gasteiger partial charge >= 0.3 is 24.4 Å². The number of fused-ring (bicyclic) bond motifs is 5. The first-order chi connectivity index (χ1) is 49.4. The molecular weight excluding hydrogens is 1350 g/mol. The van der Waals surface area contributed by atoms with Crippen LogP contribution in [-0.2, 0) is 60.6 Å². The number of likely N-dealkylation sites (tertiary alicyclic amines) is 2. The van der Waals surface area contributed by atoms with E-state index in [2.05, 4.69) is 68.3 Å². The van der Waals surface area contributed by atoms with E-state index in [4.69, 9.17) is 24.7 Å². The third-order valence-corrected chi connectivity index (χ3v) is 19.5. The molecule has 2 saturated heterocycles. The molecule has 2 fully saturated rings. The van der Waals surface area contributed by atoms with E-state index >= 15 is 0 Å². The summed E-state index contributed by atoms with van der Waals surface area (Å²) in [4.78, 5) is 138. The Bertz CT molecular complexity index is 3760. The predicted octanol–water partition coefficient (Wildman–Crippen LogP) is 10.5. The summed E-state index contributed by atoms with van der Waals surface area (Å²) < 4.78 is 21.5. The van der Waals surface area contributed by atoms with Gasteiger partial charge in [0.1, 0.15) is 59.7 Å². The summed E-state index contributed by atoms with van der Waals surface area (Å²) in [5, 5.41) is 17.4. The zero-order valence-corrected chi connectivity index (χ0v) is 65.9. The number of rotatable bonds is 15. The third kappa shape index (κ3) is 22.4. The number of carbonyl (C=O) groups is 10. The number of hydrogen-bond donors (Lipinski definition) is 7. The largest absolute Gasteiger partial charge is 0.449 e.